The van der Waals surface area contributed by atoms with Crippen molar-refractivity contribution in [2.24, 2.45) is 5.73 Å². The Hall–Kier alpha value is -1.45. The van der Waals surface area contributed by atoms with Crippen molar-refractivity contribution in [1.82, 2.24) is 9.78 Å². The van der Waals surface area contributed by atoms with Gasteiger partial charge >= 0.3 is 0 Å². The van der Waals surface area contributed by atoms with Crippen LogP contribution >= 0.6 is 0 Å². The summed E-state index contributed by atoms with van der Waals surface area (Å²) in [5, 5.41) is 4.25. The van der Waals surface area contributed by atoms with Crippen LogP contribution in [0.15, 0.2) is 12.6 Å². The largest absolute Gasteiger partial charge is 0.384 e. The third-order valence-electron chi connectivity index (χ3n) is 1.78. The monoisotopic (exact) mass is 180 g/mol. The van der Waals surface area contributed by atoms with Crippen molar-refractivity contribution in [1.29, 1.82) is 0 Å². The molecule has 0 aliphatic heterocycles. The molecule has 13 heavy (non-hydrogen) atoms. The van der Waals surface area contributed by atoms with Gasteiger partial charge in [0, 0.05) is 11.5 Å². The maximum absolute atomic E-state index is 5.70. The first-order chi connectivity index (χ1) is 5.82. The van der Waals surface area contributed by atoms with Crippen LogP contribution in [0, 0.1) is 0 Å². The van der Waals surface area contributed by atoms with Gasteiger partial charge in [-0.2, -0.15) is 5.10 Å². The molecule has 0 aliphatic carbocycles. The Balaban J connectivity index is 3.17. The maximum atomic E-state index is 5.70. The molecular formula is C9H16N4. The van der Waals surface area contributed by atoms with Gasteiger partial charge in [-0.25, -0.2) is 4.68 Å². The fourth-order valence-corrected chi connectivity index (χ4v) is 0.992. The van der Waals surface area contributed by atoms with Crippen LogP contribution in [0.1, 0.15) is 26.5 Å². The molecule has 1 rings (SSSR count). The Morgan fingerprint density at radius 3 is 2.31 bits per heavy atom. The van der Waals surface area contributed by atoms with E-state index in [-0.39, 0.29) is 5.41 Å². The minimum Gasteiger partial charge on any atom is -0.384 e. The lowest BCUT2D eigenvalue weighted by atomic mass is 9.92. The Bertz CT molecular complexity index is 330. The Morgan fingerprint density at radius 1 is 1.54 bits per heavy atom. The van der Waals surface area contributed by atoms with E-state index in [4.69, 9.17) is 11.5 Å². The first kappa shape index (κ1) is 9.64. The van der Waals surface area contributed by atoms with E-state index in [2.05, 4.69) is 32.4 Å². The van der Waals surface area contributed by atoms with Crippen molar-refractivity contribution in [3.63, 3.8) is 0 Å². The molecule has 0 unspecified atom stereocenters. The van der Waals surface area contributed by atoms with E-state index in [9.17, 15) is 0 Å². The van der Waals surface area contributed by atoms with Crippen LogP contribution in [-0.2, 0) is 5.41 Å². The number of rotatable bonds is 1. The van der Waals surface area contributed by atoms with Gasteiger partial charge in [0.2, 0.25) is 0 Å². The standard InChI is InChI=1S/C9H16N4/c1-6(10)13-8(11)5-7(12-13)9(2,3)4/h5H,1,10-11H2,2-4H3. The summed E-state index contributed by atoms with van der Waals surface area (Å²) in [6, 6.07) is 1.82. The molecule has 0 saturated carbocycles. The van der Waals surface area contributed by atoms with Gasteiger partial charge in [0.15, 0.2) is 0 Å². The van der Waals surface area contributed by atoms with E-state index in [0.29, 0.717) is 11.6 Å². The van der Waals surface area contributed by atoms with E-state index < -0.39 is 0 Å². The Morgan fingerprint density at radius 2 is 2.08 bits per heavy atom. The molecule has 0 bridgehead atoms. The highest BCUT2D eigenvalue weighted by Gasteiger charge is 2.18. The van der Waals surface area contributed by atoms with Crippen LogP contribution in [0.5, 0.6) is 0 Å². The second-order valence-electron chi connectivity index (χ2n) is 4.11. The SMILES string of the molecule is C=C(N)n1nc(C(C)(C)C)cc1N. The Kier molecular flexibility index (Phi) is 2.07. The van der Waals surface area contributed by atoms with Gasteiger partial charge < -0.3 is 11.5 Å². The highest BCUT2D eigenvalue weighted by Crippen LogP contribution is 2.23. The quantitative estimate of drug-likeness (QED) is 0.681. The van der Waals surface area contributed by atoms with Gasteiger partial charge in [-0.1, -0.05) is 27.4 Å². The molecule has 4 N–H and O–H groups in total. The van der Waals surface area contributed by atoms with Gasteiger partial charge in [0.05, 0.1) is 5.69 Å². The van der Waals surface area contributed by atoms with Crippen molar-refractivity contribution in [3.05, 3.63) is 18.3 Å². The second-order valence-corrected chi connectivity index (χ2v) is 4.11. The average molecular weight is 180 g/mol. The molecule has 0 aliphatic rings. The second kappa shape index (κ2) is 2.80. The third-order valence-corrected chi connectivity index (χ3v) is 1.78. The lowest BCUT2D eigenvalue weighted by Gasteiger charge is -2.13. The summed E-state index contributed by atoms with van der Waals surface area (Å²) in [6.07, 6.45) is 0. The molecule has 0 fully saturated rings. The first-order valence-corrected chi connectivity index (χ1v) is 4.13. The zero-order chi connectivity index (χ0) is 10.2. The van der Waals surface area contributed by atoms with Gasteiger partial charge in [-0.3, -0.25) is 0 Å². The number of nitrogens with two attached hydrogens (primary N) is 2. The molecule has 4 heteroatoms. The summed E-state index contributed by atoms with van der Waals surface area (Å²) in [6.45, 7) is 9.78. The zero-order valence-corrected chi connectivity index (χ0v) is 8.33. The lowest BCUT2D eigenvalue weighted by Crippen LogP contribution is -2.14. The minimum absolute atomic E-state index is 0.0190. The highest BCUT2D eigenvalue weighted by atomic mass is 15.3. The predicted octanol–water partition coefficient (Wildman–Crippen LogP) is 1.15. The van der Waals surface area contributed by atoms with Crippen LogP contribution in [0.2, 0.25) is 0 Å². The van der Waals surface area contributed by atoms with Gasteiger partial charge in [0.25, 0.3) is 0 Å². The molecule has 0 saturated heterocycles. The number of nitrogen functional groups attached to an aromatic ring is 1. The normalized spacial score (nSPS) is 11.6. The minimum atomic E-state index is -0.0190. The molecule has 0 atom stereocenters. The molecule has 1 aromatic rings. The molecule has 0 amide bonds. The number of anilines is 1. The number of nitrogens with zero attached hydrogens (tertiary/aromatic N) is 2. The van der Waals surface area contributed by atoms with E-state index >= 15 is 0 Å². The highest BCUT2D eigenvalue weighted by molar-refractivity contribution is 5.47. The summed E-state index contributed by atoms with van der Waals surface area (Å²) in [5.74, 6) is 0.866. The summed E-state index contributed by atoms with van der Waals surface area (Å²) in [4.78, 5) is 0. The average Bonchev–Trinajstić information content (AvgIpc) is 2.29. The Labute approximate surface area is 78.2 Å². The summed E-state index contributed by atoms with van der Waals surface area (Å²) < 4.78 is 1.45. The van der Waals surface area contributed by atoms with Crippen molar-refractivity contribution < 1.29 is 0 Å². The number of aromatic nitrogens is 2. The smallest absolute Gasteiger partial charge is 0.129 e. The lowest BCUT2D eigenvalue weighted by molar-refractivity contribution is 0.561. The maximum Gasteiger partial charge on any atom is 0.129 e. The fraction of sp³-hybridized carbons (Fsp3) is 0.444. The van der Waals surface area contributed by atoms with Crippen LogP contribution in [-0.4, -0.2) is 9.78 Å². The van der Waals surface area contributed by atoms with Crippen LogP contribution in [0.25, 0.3) is 5.82 Å². The first-order valence-electron chi connectivity index (χ1n) is 4.13. The summed E-state index contributed by atoms with van der Waals surface area (Å²) in [5.41, 5.74) is 12.1. The van der Waals surface area contributed by atoms with Crippen LogP contribution in [0.3, 0.4) is 0 Å². The predicted molar refractivity (Wildman–Crippen MR) is 54.9 cm³/mol. The van der Waals surface area contributed by atoms with E-state index in [1.165, 1.54) is 4.68 Å². The van der Waals surface area contributed by atoms with Crippen LogP contribution < -0.4 is 11.5 Å². The molecule has 0 radical (unpaired) electrons. The van der Waals surface area contributed by atoms with Crippen molar-refractivity contribution >= 4 is 11.6 Å². The molecule has 1 aromatic heterocycles. The van der Waals surface area contributed by atoms with Crippen molar-refractivity contribution in [2.45, 2.75) is 26.2 Å². The van der Waals surface area contributed by atoms with Gasteiger partial charge in [0.1, 0.15) is 11.6 Å². The molecular weight excluding hydrogens is 164 g/mol. The summed E-state index contributed by atoms with van der Waals surface area (Å²) in [7, 11) is 0. The van der Waals surface area contributed by atoms with Crippen molar-refractivity contribution in [3.8, 4) is 0 Å². The topological polar surface area (TPSA) is 69.9 Å². The number of hydrogen-bond acceptors (Lipinski definition) is 3. The molecule has 0 spiro atoms. The third kappa shape index (κ3) is 1.83. The molecule has 0 aromatic carbocycles. The van der Waals surface area contributed by atoms with E-state index in [0.717, 1.165) is 5.69 Å². The van der Waals surface area contributed by atoms with E-state index in [1.807, 2.05) is 6.07 Å². The molecule has 4 nitrogen and oxygen atoms in total. The zero-order valence-electron chi connectivity index (χ0n) is 8.33. The molecule has 1 heterocycles. The number of hydrogen-bond donors (Lipinski definition) is 2. The van der Waals surface area contributed by atoms with E-state index in [1.54, 1.807) is 0 Å². The van der Waals surface area contributed by atoms with Gasteiger partial charge in [-0.15, -0.1) is 0 Å². The fourth-order valence-electron chi connectivity index (χ4n) is 0.992. The summed E-state index contributed by atoms with van der Waals surface area (Å²) >= 11 is 0. The molecule has 72 valence electrons. The van der Waals surface area contributed by atoms with Crippen molar-refractivity contribution in [2.75, 3.05) is 5.73 Å². The van der Waals surface area contributed by atoms with Crippen LogP contribution in [0.4, 0.5) is 5.82 Å². The van der Waals surface area contributed by atoms with Gasteiger partial charge in [-0.05, 0) is 0 Å².